The predicted octanol–water partition coefficient (Wildman–Crippen LogP) is 9.10. The summed E-state index contributed by atoms with van der Waals surface area (Å²) in [5, 5.41) is 0. The molecule has 0 radical (unpaired) electrons. The van der Waals surface area contributed by atoms with Crippen molar-refractivity contribution in [2.75, 3.05) is 0 Å². The van der Waals surface area contributed by atoms with Gasteiger partial charge in [-0.3, -0.25) is 4.98 Å². The second-order valence-corrected chi connectivity index (χ2v) is 9.37. The minimum absolute atomic E-state index is 0.0729. The lowest BCUT2D eigenvalue weighted by Gasteiger charge is -2.33. The standard InChI is InChI=1S/C30H36FN/c1-3-5-7-11-19-30(20-12-8-6-4-2)27-14-10-9-13-25(27)26-17-15-23(21-28(26)30)29-18-16-24(31)22-32-29/h9-10,13-18,21-22H,3-8,11-12,19-20H2,1-2H3. The summed E-state index contributed by atoms with van der Waals surface area (Å²) >= 11 is 0. The molecule has 2 aromatic carbocycles. The molecular formula is C30H36FN. The van der Waals surface area contributed by atoms with Crippen LogP contribution in [0.1, 0.15) is 89.2 Å². The highest BCUT2D eigenvalue weighted by molar-refractivity contribution is 5.83. The minimum atomic E-state index is -0.288. The van der Waals surface area contributed by atoms with Crippen LogP contribution in [0.5, 0.6) is 0 Å². The first-order valence-corrected chi connectivity index (χ1v) is 12.6. The number of halogens is 1. The van der Waals surface area contributed by atoms with E-state index in [4.69, 9.17) is 0 Å². The van der Waals surface area contributed by atoms with E-state index < -0.39 is 0 Å². The Balaban J connectivity index is 1.78. The number of unbranched alkanes of at least 4 members (excludes halogenated alkanes) is 6. The lowest BCUT2D eigenvalue weighted by atomic mass is 9.70. The molecule has 3 aromatic rings. The van der Waals surface area contributed by atoms with Gasteiger partial charge in [-0.2, -0.15) is 0 Å². The molecule has 0 aliphatic heterocycles. The molecule has 2 heteroatoms. The minimum Gasteiger partial charge on any atom is -0.253 e. The van der Waals surface area contributed by atoms with Crippen molar-refractivity contribution < 1.29 is 4.39 Å². The molecule has 1 aliphatic carbocycles. The zero-order valence-electron chi connectivity index (χ0n) is 19.7. The smallest absolute Gasteiger partial charge is 0.141 e. The van der Waals surface area contributed by atoms with Crippen LogP contribution in [-0.4, -0.2) is 4.98 Å². The van der Waals surface area contributed by atoms with Crippen molar-refractivity contribution in [1.29, 1.82) is 0 Å². The molecule has 0 saturated carbocycles. The summed E-state index contributed by atoms with van der Waals surface area (Å²) in [6.45, 7) is 4.56. The van der Waals surface area contributed by atoms with Crippen LogP contribution < -0.4 is 0 Å². The highest BCUT2D eigenvalue weighted by Crippen LogP contribution is 2.54. The predicted molar refractivity (Wildman–Crippen MR) is 133 cm³/mol. The molecule has 1 aliphatic rings. The summed E-state index contributed by atoms with van der Waals surface area (Å²) in [6, 6.07) is 19.1. The first kappa shape index (κ1) is 22.7. The maximum Gasteiger partial charge on any atom is 0.141 e. The number of fused-ring (bicyclic) bond motifs is 3. The lowest BCUT2D eigenvalue weighted by molar-refractivity contribution is 0.401. The molecule has 32 heavy (non-hydrogen) atoms. The Morgan fingerprint density at radius 2 is 1.41 bits per heavy atom. The molecule has 4 rings (SSSR count). The summed E-state index contributed by atoms with van der Waals surface area (Å²) in [4.78, 5) is 4.37. The largest absolute Gasteiger partial charge is 0.253 e. The van der Waals surface area contributed by atoms with E-state index in [1.807, 2.05) is 0 Å². The first-order valence-electron chi connectivity index (χ1n) is 12.6. The van der Waals surface area contributed by atoms with E-state index in [9.17, 15) is 4.39 Å². The molecule has 1 heterocycles. The average molecular weight is 430 g/mol. The van der Waals surface area contributed by atoms with Gasteiger partial charge >= 0.3 is 0 Å². The van der Waals surface area contributed by atoms with E-state index in [2.05, 4.69) is 61.3 Å². The third-order valence-corrected chi connectivity index (χ3v) is 7.21. The van der Waals surface area contributed by atoms with Crippen molar-refractivity contribution in [2.45, 2.75) is 83.5 Å². The van der Waals surface area contributed by atoms with Crippen molar-refractivity contribution in [2.24, 2.45) is 0 Å². The lowest BCUT2D eigenvalue weighted by Crippen LogP contribution is -2.25. The summed E-state index contributed by atoms with van der Waals surface area (Å²) in [7, 11) is 0. The van der Waals surface area contributed by atoms with Gasteiger partial charge in [0.1, 0.15) is 5.82 Å². The van der Waals surface area contributed by atoms with Crippen LogP contribution >= 0.6 is 0 Å². The van der Waals surface area contributed by atoms with Crippen LogP contribution in [0.3, 0.4) is 0 Å². The van der Waals surface area contributed by atoms with Crippen molar-refractivity contribution in [1.82, 2.24) is 4.98 Å². The van der Waals surface area contributed by atoms with Gasteiger partial charge in [-0.15, -0.1) is 0 Å². The topological polar surface area (TPSA) is 12.9 Å². The fourth-order valence-corrected chi connectivity index (χ4v) is 5.53. The zero-order valence-corrected chi connectivity index (χ0v) is 19.7. The molecule has 1 nitrogen and oxygen atoms in total. The fourth-order valence-electron chi connectivity index (χ4n) is 5.53. The van der Waals surface area contributed by atoms with Crippen LogP contribution in [0, 0.1) is 5.82 Å². The van der Waals surface area contributed by atoms with Crippen LogP contribution in [0.15, 0.2) is 60.8 Å². The van der Waals surface area contributed by atoms with Gasteiger partial charge in [0.05, 0.1) is 11.9 Å². The third-order valence-electron chi connectivity index (χ3n) is 7.21. The van der Waals surface area contributed by atoms with Gasteiger partial charge in [-0.05, 0) is 53.3 Å². The summed E-state index contributed by atoms with van der Waals surface area (Å²) in [5.74, 6) is -0.288. The van der Waals surface area contributed by atoms with Gasteiger partial charge < -0.3 is 0 Å². The van der Waals surface area contributed by atoms with Gasteiger partial charge in [-0.1, -0.05) is 102 Å². The number of benzene rings is 2. The Morgan fingerprint density at radius 1 is 0.719 bits per heavy atom. The fraction of sp³-hybridized carbons (Fsp3) is 0.433. The molecule has 1 aromatic heterocycles. The second-order valence-electron chi connectivity index (χ2n) is 9.37. The van der Waals surface area contributed by atoms with Crippen LogP contribution in [0.2, 0.25) is 0 Å². The number of hydrogen-bond acceptors (Lipinski definition) is 1. The first-order chi connectivity index (χ1) is 15.7. The van der Waals surface area contributed by atoms with Crippen LogP contribution in [-0.2, 0) is 5.41 Å². The summed E-state index contributed by atoms with van der Waals surface area (Å²) in [5.41, 5.74) is 7.73. The van der Waals surface area contributed by atoms with Gasteiger partial charge in [0.15, 0.2) is 0 Å². The van der Waals surface area contributed by atoms with Crippen molar-refractivity contribution in [3.63, 3.8) is 0 Å². The zero-order chi connectivity index (χ0) is 22.4. The SMILES string of the molecule is CCCCCCC1(CCCCCC)c2ccccc2-c2ccc(-c3ccc(F)cn3)cc21. The van der Waals surface area contributed by atoms with Gasteiger partial charge in [0.25, 0.3) is 0 Å². The number of nitrogens with zero attached hydrogens (tertiary/aromatic N) is 1. The maximum atomic E-state index is 13.5. The monoisotopic (exact) mass is 429 g/mol. The molecule has 0 saturated heterocycles. The summed E-state index contributed by atoms with van der Waals surface area (Å²) < 4.78 is 13.5. The van der Waals surface area contributed by atoms with Gasteiger partial charge in [-0.25, -0.2) is 4.39 Å². The Kier molecular flexibility index (Phi) is 7.40. The number of rotatable bonds is 11. The Hall–Kier alpha value is -2.48. The van der Waals surface area contributed by atoms with E-state index >= 15 is 0 Å². The number of hydrogen-bond donors (Lipinski definition) is 0. The van der Waals surface area contributed by atoms with Crippen molar-refractivity contribution in [3.05, 3.63) is 77.7 Å². The molecule has 0 N–H and O–H groups in total. The Bertz CT molecular complexity index is 1010. The van der Waals surface area contributed by atoms with E-state index in [-0.39, 0.29) is 11.2 Å². The molecule has 0 bridgehead atoms. The highest BCUT2D eigenvalue weighted by Gasteiger charge is 2.42. The van der Waals surface area contributed by atoms with E-state index in [0.29, 0.717) is 0 Å². The van der Waals surface area contributed by atoms with Gasteiger partial charge in [0, 0.05) is 11.0 Å². The van der Waals surface area contributed by atoms with E-state index in [1.54, 1.807) is 6.07 Å². The molecule has 0 fully saturated rings. The molecular weight excluding hydrogens is 393 g/mol. The molecule has 0 amide bonds. The maximum absolute atomic E-state index is 13.5. The van der Waals surface area contributed by atoms with Gasteiger partial charge in [0.2, 0.25) is 0 Å². The van der Waals surface area contributed by atoms with Crippen molar-refractivity contribution >= 4 is 0 Å². The van der Waals surface area contributed by atoms with Crippen molar-refractivity contribution in [3.8, 4) is 22.4 Å². The second kappa shape index (κ2) is 10.4. The molecule has 0 atom stereocenters. The average Bonchev–Trinajstić information content (AvgIpc) is 3.10. The quantitative estimate of drug-likeness (QED) is 0.277. The normalized spacial score (nSPS) is 13.7. The van der Waals surface area contributed by atoms with Crippen LogP contribution in [0.4, 0.5) is 4.39 Å². The Morgan fingerprint density at radius 3 is 2.06 bits per heavy atom. The third kappa shape index (κ3) is 4.51. The number of pyridine rings is 1. The van der Waals surface area contributed by atoms with Crippen LogP contribution in [0.25, 0.3) is 22.4 Å². The molecule has 168 valence electrons. The summed E-state index contributed by atoms with van der Waals surface area (Å²) in [6.07, 6.45) is 14.0. The highest BCUT2D eigenvalue weighted by atomic mass is 19.1. The number of aromatic nitrogens is 1. The van der Waals surface area contributed by atoms with E-state index in [1.165, 1.54) is 98.7 Å². The molecule has 0 unspecified atom stereocenters. The molecule has 0 spiro atoms. The van der Waals surface area contributed by atoms with E-state index in [0.717, 1.165) is 11.3 Å². The Labute approximate surface area is 193 Å².